The molecule has 0 unspecified atom stereocenters. The Kier molecular flexibility index (Phi) is 2.44. The monoisotopic (exact) mass is 273 g/mol. The molecule has 1 aromatic heterocycles. The molecule has 1 N–H and O–H groups in total. The van der Waals surface area contributed by atoms with Crippen LogP contribution in [-0.4, -0.2) is 4.98 Å². The van der Waals surface area contributed by atoms with Gasteiger partial charge in [0, 0.05) is 16.3 Å². The van der Waals surface area contributed by atoms with Gasteiger partial charge in [0.05, 0.1) is 5.52 Å². The summed E-state index contributed by atoms with van der Waals surface area (Å²) >= 11 is 0. The van der Waals surface area contributed by atoms with E-state index in [9.17, 15) is 0 Å². The summed E-state index contributed by atoms with van der Waals surface area (Å²) in [4.78, 5) is 3.65. The first kappa shape index (κ1) is 12.5. The Labute approximate surface area is 124 Å². The highest BCUT2D eigenvalue weighted by atomic mass is 14.7. The van der Waals surface area contributed by atoms with Crippen LogP contribution >= 0.6 is 0 Å². The van der Waals surface area contributed by atoms with Crippen molar-refractivity contribution in [2.24, 2.45) is 0 Å². The van der Waals surface area contributed by atoms with Gasteiger partial charge in [-0.3, -0.25) is 0 Å². The fourth-order valence-electron chi connectivity index (χ4n) is 3.24. The lowest BCUT2D eigenvalue weighted by molar-refractivity contribution is 0.595. The number of benzene rings is 3. The Bertz CT molecular complexity index is 968. The standard InChI is InChI=1S/C20H19N/c1-20(2,3)17-10-6-9-15-16-11-13-7-4-5-8-14(13)12-18(16)21-19(15)17/h4-12,21H,1-3H3. The van der Waals surface area contributed by atoms with Gasteiger partial charge >= 0.3 is 0 Å². The summed E-state index contributed by atoms with van der Waals surface area (Å²) in [5.41, 5.74) is 4.01. The highest BCUT2D eigenvalue weighted by Crippen LogP contribution is 2.35. The first-order valence-corrected chi connectivity index (χ1v) is 7.48. The fraction of sp³-hybridized carbons (Fsp3) is 0.200. The van der Waals surface area contributed by atoms with Gasteiger partial charge in [0.2, 0.25) is 0 Å². The molecule has 3 aromatic carbocycles. The Balaban J connectivity index is 2.18. The summed E-state index contributed by atoms with van der Waals surface area (Å²) in [6.07, 6.45) is 0. The van der Waals surface area contributed by atoms with E-state index in [0.29, 0.717) is 0 Å². The third-order valence-electron chi connectivity index (χ3n) is 4.31. The zero-order valence-electron chi connectivity index (χ0n) is 12.7. The van der Waals surface area contributed by atoms with E-state index in [2.05, 4.69) is 80.4 Å². The van der Waals surface area contributed by atoms with Crippen LogP contribution in [0.5, 0.6) is 0 Å². The molecule has 0 aliphatic carbocycles. The molecule has 0 radical (unpaired) electrons. The summed E-state index contributed by atoms with van der Waals surface area (Å²) in [7, 11) is 0. The van der Waals surface area contributed by atoms with E-state index in [1.165, 1.54) is 38.1 Å². The number of aromatic amines is 1. The number of para-hydroxylation sites is 1. The predicted octanol–water partition coefficient (Wildman–Crippen LogP) is 5.77. The highest BCUT2D eigenvalue weighted by molar-refractivity contribution is 6.12. The zero-order valence-corrected chi connectivity index (χ0v) is 12.7. The van der Waals surface area contributed by atoms with E-state index in [0.717, 1.165) is 0 Å². The summed E-state index contributed by atoms with van der Waals surface area (Å²) in [5.74, 6) is 0. The molecule has 0 saturated carbocycles. The van der Waals surface area contributed by atoms with Gasteiger partial charge in [-0.1, -0.05) is 63.2 Å². The molecular weight excluding hydrogens is 254 g/mol. The van der Waals surface area contributed by atoms with Gasteiger partial charge in [-0.25, -0.2) is 0 Å². The largest absolute Gasteiger partial charge is 0.354 e. The fourth-order valence-corrected chi connectivity index (χ4v) is 3.24. The van der Waals surface area contributed by atoms with Crippen LogP contribution in [0.3, 0.4) is 0 Å². The molecule has 1 heterocycles. The van der Waals surface area contributed by atoms with Crippen LogP contribution in [0, 0.1) is 0 Å². The van der Waals surface area contributed by atoms with Gasteiger partial charge in [-0.15, -0.1) is 0 Å². The molecule has 0 saturated heterocycles. The minimum Gasteiger partial charge on any atom is -0.354 e. The van der Waals surface area contributed by atoms with Crippen molar-refractivity contribution >= 4 is 32.6 Å². The summed E-state index contributed by atoms with van der Waals surface area (Å²) in [6, 6.07) is 19.7. The average Bonchev–Trinajstić information content (AvgIpc) is 2.81. The molecule has 0 aliphatic heterocycles. The summed E-state index contributed by atoms with van der Waals surface area (Å²) < 4.78 is 0. The van der Waals surface area contributed by atoms with Crippen molar-refractivity contribution < 1.29 is 0 Å². The number of hydrogen-bond donors (Lipinski definition) is 1. The van der Waals surface area contributed by atoms with Crippen molar-refractivity contribution in [3.63, 3.8) is 0 Å². The molecule has 21 heavy (non-hydrogen) atoms. The molecule has 0 bridgehead atoms. The minimum atomic E-state index is 0.139. The molecule has 1 heteroatoms. The Hall–Kier alpha value is -2.28. The second-order valence-electron chi connectivity index (χ2n) is 6.85. The van der Waals surface area contributed by atoms with Crippen molar-refractivity contribution in [3.8, 4) is 0 Å². The van der Waals surface area contributed by atoms with Crippen molar-refractivity contribution in [2.45, 2.75) is 26.2 Å². The Morgan fingerprint density at radius 2 is 1.48 bits per heavy atom. The topological polar surface area (TPSA) is 15.8 Å². The molecule has 0 spiro atoms. The molecule has 1 nitrogen and oxygen atoms in total. The van der Waals surface area contributed by atoms with Crippen LogP contribution in [0.25, 0.3) is 32.6 Å². The molecule has 0 amide bonds. The van der Waals surface area contributed by atoms with E-state index < -0.39 is 0 Å². The summed E-state index contributed by atoms with van der Waals surface area (Å²) in [5, 5.41) is 5.22. The molecule has 104 valence electrons. The third-order valence-corrected chi connectivity index (χ3v) is 4.31. The second kappa shape index (κ2) is 4.11. The maximum Gasteiger partial charge on any atom is 0.0502 e. The number of aromatic nitrogens is 1. The van der Waals surface area contributed by atoms with Gasteiger partial charge in [-0.2, -0.15) is 0 Å². The number of fused-ring (bicyclic) bond motifs is 4. The van der Waals surface area contributed by atoms with Crippen molar-refractivity contribution in [1.82, 2.24) is 4.98 Å². The molecular formula is C20H19N. The van der Waals surface area contributed by atoms with Crippen LogP contribution < -0.4 is 0 Å². The SMILES string of the molecule is CC(C)(C)c1cccc2c1[nH]c1cc3ccccc3cc12. The Morgan fingerprint density at radius 1 is 0.762 bits per heavy atom. The number of H-pyrrole nitrogens is 1. The highest BCUT2D eigenvalue weighted by Gasteiger charge is 2.18. The van der Waals surface area contributed by atoms with Crippen LogP contribution in [-0.2, 0) is 5.41 Å². The van der Waals surface area contributed by atoms with Gasteiger partial charge in [0.25, 0.3) is 0 Å². The smallest absolute Gasteiger partial charge is 0.0502 e. The lowest BCUT2D eigenvalue weighted by Gasteiger charge is -2.19. The van der Waals surface area contributed by atoms with E-state index in [1.807, 2.05) is 0 Å². The average molecular weight is 273 g/mol. The number of nitrogens with one attached hydrogen (secondary N) is 1. The predicted molar refractivity (Wildman–Crippen MR) is 92.0 cm³/mol. The molecule has 4 rings (SSSR count). The van der Waals surface area contributed by atoms with Crippen molar-refractivity contribution in [3.05, 3.63) is 60.2 Å². The van der Waals surface area contributed by atoms with E-state index in [4.69, 9.17) is 0 Å². The lowest BCUT2D eigenvalue weighted by atomic mass is 9.85. The Morgan fingerprint density at radius 3 is 2.19 bits per heavy atom. The maximum atomic E-state index is 3.65. The van der Waals surface area contributed by atoms with Crippen LogP contribution in [0.1, 0.15) is 26.3 Å². The van der Waals surface area contributed by atoms with Crippen molar-refractivity contribution in [1.29, 1.82) is 0 Å². The van der Waals surface area contributed by atoms with Gasteiger partial charge < -0.3 is 4.98 Å². The van der Waals surface area contributed by atoms with Gasteiger partial charge in [-0.05, 0) is 33.9 Å². The minimum absolute atomic E-state index is 0.139. The number of rotatable bonds is 0. The maximum absolute atomic E-state index is 3.65. The molecule has 4 aromatic rings. The van der Waals surface area contributed by atoms with Crippen LogP contribution in [0.4, 0.5) is 0 Å². The van der Waals surface area contributed by atoms with Crippen LogP contribution in [0.15, 0.2) is 54.6 Å². The second-order valence-corrected chi connectivity index (χ2v) is 6.85. The van der Waals surface area contributed by atoms with E-state index in [1.54, 1.807) is 0 Å². The van der Waals surface area contributed by atoms with Crippen LogP contribution in [0.2, 0.25) is 0 Å². The molecule has 0 atom stereocenters. The first-order chi connectivity index (χ1) is 10.0. The normalized spacial score (nSPS) is 12.5. The first-order valence-electron chi connectivity index (χ1n) is 7.48. The molecule has 0 aliphatic rings. The van der Waals surface area contributed by atoms with E-state index >= 15 is 0 Å². The number of hydrogen-bond acceptors (Lipinski definition) is 0. The van der Waals surface area contributed by atoms with E-state index in [-0.39, 0.29) is 5.41 Å². The van der Waals surface area contributed by atoms with Gasteiger partial charge in [0.15, 0.2) is 0 Å². The zero-order chi connectivity index (χ0) is 14.6. The van der Waals surface area contributed by atoms with Gasteiger partial charge in [0.1, 0.15) is 0 Å². The quantitative estimate of drug-likeness (QED) is 0.418. The van der Waals surface area contributed by atoms with Crippen molar-refractivity contribution in [2.75, 3.05) is 0 Å². The lowest BCUT2D eigenvalue weighted by Crippen LogP contribution is -2.11. The third kappa shape index (κ3) is 1.84. The molecule has 0 fully saturated rings. The summed E-state index contributed by atoms with van der Waals surface area (Å²) in [6.45, 7) is 6.80.